The zero-order valence-electron chi connectivity index (χ0n) is 38.2. The first kappa shape index (κ1) is 50.4. The molecule has 2 heteroatoms. The molecule has 56 heavy (non-hydrogen) atoms. The van der Waals surface area contributed by atoms with E-state index in [1.54, 1.807) is 11.4 Å². The monoisotopic (exact) mass is 775 g/mol. The molecule has 2 aromatic rings. The summed E-state index contributed by atoms with van der Waals surface area (Å²) in [6.45, 7) is 7.03. The van der Waals surface area contributed by atoms with Gasteiger partial charge in [-0.05, 0) is 25.7 Å². The predicted octanol–water partition coefficient (Wildman–Crippen LogP) is 16.9. The van der Waals surface area contributed by atoms with E-state index in [-0.39, 0.29) is 0 Å². The van der Waals surface area contributed by atoms with Crippen LogP contribution in [0.15, 0.2) is 48.8 Å². The van der Waals surface area contributed by atoms with Crippen molar-refractivity contribution in [3.05, 3.63) is 60.2 Å². The van der Waals surface area contributed by atoms with E-state index in [9.17, 15) is 0 Å². The number of unbranched alkanes of at least 4 members (excludes halogenated alkanes) is 35. The highest BCUT2D eigenvalue weighted by Crippen LogP contribution is 2.16. The predicted molar refractivity (Wildman–Crippen MR) is 247 cm³/mol. The molecule has 2 rings (SSSR count). The van der Waals surface area contributed by atoms with E-state index >= 15 is 0 Å². The van der Waals surface area contributed by atoms with Crippen molar-refractivity contribution >= 4 is 0 Å². The van der Waals surface area contributed by atoms with Crippen molar-refractivity contribution in [3.8, 4) is 0 Å². The molecule has 0 bridgehead atoms. The summed E-state index contributed by atoms with van der Waals surface area (Å²) in [5.41, 5.74) is 3.11. The summed E-state index contributed by atoms with van der Waals surface area (Å²) in [7, 11) is 0. The molecule has 0 aliphatic carbocycles. The summed E-state index contributed by atoms with van der Waals surface area (Å²) < 4.78 is 5.11. The molecule has 0 saturated carbocycles. The molecule has 0 amide bonds. The van der Waals surface area contributed by atoms with Crippen LogP contribution in [0.25, 0.3) is 0 Å². The number of hydrogen-bond donors (Lipinski definition) is 0. The number of hydrogen-bond acceptors (Lipinski definition) is 0. The van der Waals surface area contributed by atoms with Gasteiger partial charge < -0.3 is 0 Å². The molecule has 0 fully saturated rings. The van der Waals surface area contributed by atoms with Crippen molar-refractivity contribution in [2.45, 2.75) is 284 Å². The summed E-state index contributed by atoms with van der Waals surface area (Å²) in [6, 6.07) is 13.7. The van der Waals surface area contributed by atoms with Gasteiger partial charge in [0.1, 0.15) is 13.1 Å². The lowest BCUT2D eigenvalue weighted by Crippen LogP contribution is -2.37. The van der Waals surface area contributed by atoms with Crippen LogP contribution in [0.4, 0.5) is 0 Å². The third kappa shape index (κ3) is 30.4. The second-order valence-corrected chi connectivity index (χ2v) is 18.0. The summed E-state index contributed by atoms with van der Waals surface area (Å²) in [6.07, 6.45) is 61.4. The molecule has 0 aliphatic heterocycles. The Morgan fingerprint density at radius 1 is 0.268 bits per heavy atom. The molecular weight excluding hydrogens is 677 g/mol. The van der Waals surface area contributed by atoms with E-state index in [0.717, 1.165) is 0 Å². The average Bonchev–Trinajstić information content (AvgIpc) is 3.22. The molecule has 2 aromatic heterocycles. The van der Waals surface area contributed by atoms with Gasteiger partial charge in [0.25, 0.3) is 0 Å². The Labute approximate surface area is 351 Å². The van der Waals surface area contributed by atoms with E-state index in [0.29, 0.717) is 0 Å². The number of rotatable bonds is 43. The Morgan fingerprint density at radius 3 is 0.768 bits per heavy atom. The largest absolute Gasteiger partial charge is 0.202 e. The van der Waals surface area contributed by atoms with Gasteiger partial charge >= 0.3 is 0 Å². The number of nitrogens with zero attached hydrogens (tertiary/aromatic N) is 2. The van der Waals surface area contributed by atoms with Crippen LogP contribution in [0.1, 0.15) is 269 Å². The molecular formula is C54H98N2+2. The Kier molecular flexibility index (Phi) is 36.1. The van der Waals surface area contributed by atoms with Gasteiger partial charge in [-0.2, -0.15) is 0 Å². The minimum Gasteiger partial charge on any atom is -0.202 e. The topological polar surface area (TPSA) is 7.76 Å². The van der Waals surface area contributed by atoms with E-state index in [2.05, 4.69) is 71.8 Å². The first-order valence-corrected chi connectivity index (χ1v) is 25.8. The van der Waals surface area contributed by atoms with Crippen LogP contribution in [-0.4, -0.2) is 0 Å². The van der Waals surface area contributed by atoms with E-state index in [4.69, 9.17) is 0 Å². The van der Waals surface area contributed by atoms with Crippen LogP contribution in [0, 0.1) is 0 Å². The normalized spacial score (nSPS) is 11.5. The Morgan fingerprint density at radius 2 is 0.500 bits per heavy atom. The van der Waals surface area contributed by atoms with Crippen molar-refractivity contribution in [2.75, 3.05) is 0 Å². The molecule has 0 atom stereocenters. The molecule has 0 spiro atoms. The zero-order chi connectivity index (χ0) is 39.7. The van der Waals surface area contributed by atoms with Gasteiger partial charge in [-0.25, -0.2) is 9.13 Å². The van der Waals surface area contributed by atoms with Gasteiger partial charge in [0, 0.05) is 49.9 Å². The number of aryl methyl sites for hydroxylation is 4. The molecule has 2 heterocycles. The van der Waals surface area contributed by atoms with Crippen molar-refractivity contribution in [1.29, 1.82) is 0 Å². The molecule has 322 valence electrons. The second kappa shape index (κ2) is 40.1. The summed E-state index contributed by atoms with van der Waals surface area (Å²) in [5, 5.41) is 0. The number of aromatic nitrogens is 2. The van der Waals surface area contributed by atoms with E-state index in [1.807, 2.05) is 0 Å². The highest BCUT2D eigenvalue weighted by Gasteiger charge is 2.10. The standard InChI is InChI=1S/C54H98N2/c1-3-5-7-9-11-13-15-17-19-23-27-31-35-41-49-55-51-43-39-47-53(55)45-37-33-29-25-21-22-26-30-34-38-46-54-48-40-44-52-56(54)50-42-36-32-28-24-20-18-16-14-12-10-8-6-4-2/h39-40,43-44,47-48,51-52H,3-38,41-42,45-46,49-50H2,1-2H3/q+2. The summed E-state index contributed by atoms with van der Waals surface area (Å²) >= 11 is 0. The lowest BCUT2D eigenvalue weighted by atomic mass is 10.0. The minimum absolute atomic E-state index is 1.21. The zero-order valence-corrected chi connectivity index (χ0v) is 38.2. The van der Waals surface area contributed by atoms with Gasteiger partial charge in [-0.1, -0.05) is 231 Å². The summed E-state index contributed by atoms with van der Waals surface area (Å²) in [5.74, 6) is 0. The fourth-order valence-electron chi connectivity index (χ4n) is 8.89. The van der Waals surface area contributed by atoms with Crippen LogP contribution >= 0.6 is 0 Å². The molecule has 2 nitrogen and oxygen atoms in total. The Hall–Kier alpha value is -1.70. The van der Waals surface area contributed by atoms with Crippen molar-refractivity contribution in [2.24, 2.45) is 0 Å². The van der Waals surface area contributed by atoms with Crippen molar-refractivity contribution < 1.29 is 9.13 Å². The fourth-order valence-corrected chi connectivity index (χ4v) is 8.89. The number of pyridine rings is 2. The maximum absolute atomic E-state index is 2.55. The first-order valence-electron chi connectivity index (χ1n) is 25.8. The van der Waals surface area contributed by atoms with Crippen molar-refractivity contribution in [1.82, 2.24) is 0 Å². The maximum atomic E-state index is 2.55. The summed E-state index contributed by atoms with van der Waals surface area (Å²) in [4.78, 5) is 0. The average molecular weight is 775 g/mol. The maximum Gasteiger partial charge on any atom is 0.181 e. The molecule has 0 radical (unpaired) electrons. The SMILES string of the molecule is CCCCCCCCCCCCCCCC[n+]1ccccc1CCCCCCCCCCCCc1cccc[n+]1CCCCCCCCCCCCCCCC. The Bertz CT molecular complexity index is 992. The molecule has 0 aromatic carbocycles. The van der Waals surface area contributed by atoms with Crippen molar-refractivity contribution in [3.63, 3.8) is 0 Å². The second-order valence-electron chi connectivity index (χ2n) is 18.0. The van der Waals surface area contributed by atoms with Gasteiger partial charge in [0.2, 0.25) is 0 Å². The molecule has 0 unspecified atom stereocenters. The lowest BCUT2D eigenvalue weighted by Gasteiger charge is -2.06. The van der Waals surface area contributed by atoms with Crippen LogP contribution in [-0.2, 0) is 25.9 Å². The highest BCUT2D eigenvalue weighted by molar-refractivity contribution is 4.98. The van der Waals surface area contributed by atoms with Gasteiger partial charge in [-0.15, -0.1) is 0 Å². The van der Waals surface area contributed by atoms with Crippen LogP contribution in [0.5, 0.6) is 0 Å². The van der Waals surface area contributed by atoms with Gasteiger partial charge in [-0.3, -0.25) is 0 Å². The smallest absolute Gasteiger partial charge is 0.181 e. The molecule has 0 saturated heterocycles. The fraction of sp³-hybridized carbons (Fsp3) is 0.815. The third-order valence-corrected chi connectivity index (χ3v) is 12.7. The first-order chi connectivity index (χ1) is 27.8. The minimum atomic E-state index is 1.21. The highest BCUT2D eigenvalue weighted by atomic mass is 15.0. The molecule has 0 aliphatic rings. The van der Waals surface area contributed by atoms with Gasteiger partial charge in [0.05, 0.1) is 0 Å². The Balaban J connectivity index is 1.37. The third-order valence-electron chi connectivity index (χ3n) is 12.7. The lowest BCUT2D eigenvalue weighted by molar-refractivity contribution is -0.704. The van der Waals surface area contributed by atoms with Crippen LogP contribution in [0.2, 0.25) is 0 Å². The van der Waals surface area contributed by atoms with E-state index < -0.39 is 0 Å². The van der Waals surface area contributed by atoms with Gasteiger partial charge in [0.15, 0.2) is 23.8 Å². The molecule has 0 N–H and O–H groups in total. The van der Waals surface area contributed by atoms with Crippen LogP contribution in [0.3, 0.4) is 0 Å². The van der Waals surface area contributed by atoms with E-state index in [1.165, 1.54) is 270 Å². The quantitative estimate of drug-likeness (QED) is 0.0468. The van der Waals surface area contributed by atoms with Crippen LogP contribution < -0.4 is 9.13 Å².